The number of nitrogens with zero attached hydrogens (tertiary/aromatic N) is 2. The minimum absolute atomic E-state index is 0.143. The second-order valence-electron chi connectivity index (χ2n) is 4.46. The van der Waals surface area contributed by atoms with Gasteiger partial charge in [0.15, 0.2) is 0 Å². The van der Waals surface area contributed by atoms with Gasteiger partial charge < -0.3 is 0 Å². The molecule has 0 N–H and O–H groups in total. The highest BCUT2D eigenvalue weighted by Gasteiger charge is 2.28. The Hall–Kier alpha value is -1.94. The van der Waals surface area contributed by atoms with E-state index in [2.05, 4.69) is 4.98 Å². The van der Waals surface area contributed by atoms with Crippen LogP contribution in [0.15, 0.2) is 30.3 Å². The molecule has 1 fully saturated rings. The van der Waals surface area contributed by atoms with Crippen LogP contribution in [-0.4, -0.2) is 28.2 Å². The van der Waals surface area contributed by atoms with E-state index in [4.69, 9.17) is 11.6 Å². The topological polar surface area (TPSA) is 50.3 Å². The molecule has 0 radical (unpaired) electrons. The molecule has 1 aliphatic heterocycles. The molecular weight excluding hydrogens is 264 g/mol. The van der Waals surface area contributed by atoms with Crippen molar-refractivity contribution in [2.45, 2.75) is 12.8 Å². The van der Waals surface area contributed by atoms with Gasteiger partial charge in [0.1, 0.15) is 5.69 Å². The Labute approximate surface area is 115 Å². The van der Waals surface area contributed by atoms with Crippen LogP contribution in [0.25, 0.3) is 10.9 Å². The van der Waals surface area contributed by atoms with Crippen LogP contribution in [0.4, 0.5) is 0 Å². The van der Waals surface area contributed by atoms with E-state index in [1.54, 1.807) is 6.07 Å². The molecule has 2 heterocycles. The zero-order chi connectivity index (χ0) is 13.4. The first-order valence-corrected chi connectivity index (χ1v) is 6.44. The number of imide groups is 1. The number of para-hydroxylation sites is 1. The first-order valence-electron chi connectivity index (χ1n) is 6.07. The maximum absolute atomic E-state index is 12.2. The average Bonchev–Trinajstić information content (AvgIpc) is 2.84. The summed E-state index contributed by atoms with van der Waals surface area (Å²) in [5.74, 6) is -0.508. The maximum atomic E-state index is 12.2. The number of hydrogen-bond donors (Lipinski definition) is 0. The van der Waals surface area contributed by atoms with Crippen molar-refractivity contribution in [3.63, 3.8) is 0 Å². The van der Waals surface area contributed by atoms with Crippen molar-refractivity contribution >= 4 is 34.3 Å². The third-order valence-corrected chi connectivity index (χ3v) is 3.52. The lowest BCUT2D eigenvalue weighted by molar-refractivity contribution is -0.125. The van der Waals surface area contributed by atoms with E-state index >= 15 is 0 Å². The predicted molar refractivity (Wildman–Crippen MR) is 72.0 cm³/mol. The summed E-state index contributed by atoms with van der Waals surface area (Å²) in [4.78, 5) is 29.3. The Balaban J connectivity index is 2.05. The van der Waals surface area contributed by atoms with Gasteiger partial charge in [-0.3, -0.25) is 14.5 Å². The lowest BCUT2D eigenvalue weighted by Gasteiger charge is -2.13. The van der Waals surface area contributed by atoms with Gasteiger partial charge in [0.2, 0.25) is 5.91 Å². The molecule has 0 bridgehead atoms. The minimum atomic E-state index is -0.366. The summed E-state index contributed by atoms with van der Waals surface area (Å²) in [5.41, 5.74) is 0.879. The Kier molecular flexibility index (Phi) is 2.95. The number of aromatic nitrogens is 1. The van der Waals surface area contributed by atoms with Crippen molar-refractivity contribution in [1.82, 2.24) is 9.88 Å². The fourth-order valence-electron chi connectivity index (χ4n) is 2.24. The van der Waals surface area contributed by atoms with E-state index in [1.165, 1.54) is 11.0 Å². The zero-order valence-corrected chi connectivity index (χ0v) is 10.9. The average molecular weight is 275 g/mol. The zero-order valence-electron chi connectivity index (χ0n) is 10.1. The quantitative estimate of drug-likeness (QED) is 0.751. The summed E-state index contributed by atoms with van der Waals surface area (Å²) in [6.07, 6.45) is 1.14. The third-order valence-electron chi connectivity index (χ3n) is 3.20. The molecule has 0 aliphatic carbocycles. The molecule has 1 saturated heterocycles. The Morgan fingerprint density at radius 2 is 2.11 bits per heavy atom. The highest BCUT2D eigenvalue weighted by Crippen LogP contribution is 2.24. The molecule has 0 saturated carbocycles. The Morgan fingerprint density at radius 1 is 1.32 bits per heavy atom. The van der Waals surface area contributed by atoms with Gasteiger partial charge in [-0.2, -0.15) is 0 Å². The van der Waals surface area contributed by atoms with Crippen molar-refractivity contribution < 1.29 is 9.59 Å². The lowest BCUT2D eigenvalue weighted by Crippen LogP contribution is -2.32. The number of hydrogen-bond acceptors (Lipinski definition) is 3. The fourth-order valence-corrected chi connectivity index (χ4v) is 2.51. The Morgan fingerprint density at radius 3 is 2.84 bits per heavy atom. The summed E-state index contributed by atoms with van der Waals surface area (Å²) in [6.45, 7) is 0.462. The van der Waals surface area contributed by atoms with Crippen LogP contribution in [0.3, 0.4) is 0 Å². The Bertz CT molecular complexity index is 684. The number of likely N-dealkylation sites (tertiary alicyclic amines) is 1. The molecule has 19 heavy (non-hydrogen) atoms. The number of amides is 2. The number of rotatable bonds is 1. The number of carbonyl (C=O) groups excluding carboxylic acids is 2. The van der Waals surface area contributed by atoms with E-state index in [0.717, 1.165) is 5.39 Å². The first kappa shape index (κ1) is 12.1. The number of pyridine rings is 1. The summed E-state index contributed by atoms with van der Waals surface area (Å²) in [5, 5.41) is 1.27. The summed E-state index contributed by atoms with van der Waals surface area (Å²) < 4.78 is 0. The number of benzene rings is 1. The van der Waals surface area contributed by atoms with Gasteiger partial charge in [0, 0.05) is 18.4 Å². The second-order valence-corrected chi connectivity index (χ2v) is 4.87. The molecule has 2 amide bonds. The van der Waals surface area contributed by atoms with Gasteiger partial charge in [-0.25, -0.2) is 4.98 Å². The molecule has 1 aromatic carbocycles. The minimum Gasteiger partial charge on any atom is -0.277 e. The normalized spacial score (nSPS) is 15.2. The van der Waals surface area contributed by atoms with Gasteiger partial charge in [0.05, 0.1) is 10.5 Å². The molecule has 1 aliphatic rings. The van der Waals surface area contributed by atoms with Crippen LogP contribution in [-0.2, 0) is 4.79 Å². The largest absolute Gasteiger partial charge is 0.279 e. The highest BCUT2D eigenvalue weighted by molar-refractivity contribution is 6.35. The standard InChI is InChI=1S/C14H11ClN2O2/c15-10-8-12(14(19)17-7-3-6-13(17)18)16-11-5-2-1-4-9(10)11/h1-2,4-5,8H,3,6-7H2. The van der Waals surface area contributed by atoms with Crippen molar-refractivity contribution in [3.05, 3.63) is 41.0 Å². The van der Waals surface area contributed by atoms with Crippen LogP contribution in [0.5, 0.6) is 0 Å². The molecule has 1 aromatic heterocycles. The lowest BCUT2D eigenvalue weighted by atomic mass is 10.2. The van der Waals surface area contributed by atoms with Gasteiger partial charge in [0.25, 0.3) is 5.91 Å². The number of halogens is 1. The monoisotopic (exact) mass is 274 g/mol. The van der Waals surface area contributed by atoms with E-state index in [0.29, 0.717) is 29.9 Å². The molecule has 0 atom stereocenters. The fraction of sp³-hybridized carbons (Fsp3) is 0.214. The van der Waals surface area contributed by atoms with Gasteiger partial charge in [-0.15, -0.1) is 0 Å². The maximum Gasteiger partial charge on any atom is 0.279 e. The summed E-state index contributed by atoms with van der Waals surface area (Å²) >= 11 is 6.15. The van der Waals surface area contributed by atoms with Crippen LogP contribution in [0.1, 0.15) is 23.3 Å². The number of fused-ring (bicyclic) bond motifs is 1. The molecular formula is C14H11ClN2O2. The van der Waals surface area contributed by atoms with Crippen molar-refractivity contribution in [2.24, 2.45) is 0 Å². The first-order chi connectivity index (χ1) is 9.16. The van der Waals surface area contributed by atoms with Crippen molar-refractivity contribution in [1.29, 1.82) is 0 Å². The molecule has 3 rings (SSSR count). The molecule has 96 valence electrons. The van der Waals surface area contributed by atoms with Crippen LogP contribution < -0.4 is 0 Å². The SMILES string of the molecule is O=C1CCCN1C(=O)c1cc(Cl)c2ccccc2n1. The van der Waals surface area contributed by atoms with E-state index in [1.807, 2.05) is 18.2 Å². The second kappa shape index (κ2) is 4.63. The summed E-state index contributed by atoms with van der Waals surface area (Å²) in [6, 6.07) is 8.86. The smallest absolute Gasteiger partial charge is 0.277 e. The van der Waals surface area contributed by atoms with Crippen molar-refractivity contribution in [2.75, 3.05) is 6.54 Å². The van der Waals surface area contributed by atoms with Gasteiger partial charge in [-0.05, 0) is 18.6 Å². The van der Waals surface area contributed by atoms with Crippen molar-refractivity contribution in [3.8, 4) is 0 Å². The molecule has 0 unspecified atom stereocenters. The van der Waals surface area contributed by atoms with Gasteiger partial charge >= 0.3 is 0 Å². The predicted octanol–water partition coefficient (Wildman–Crippen LogP) is 2.65. The van der Waals surface area contributed by atoms with E-state index < -0.39 is 0 Å². The van der Waals surface area contributed by atoms with Crippen LogP contribution in [0, 0.1) is 0 Å². The summed E-state index contributed by atoms with van der Waals surface area (Å²) in [7, 11) is 0. The highest BCUT2D eigenvalue weighted by atomic mass is 35.5. The third kappa shape index (κ3) is 2.08. The van der Waals surface area contributed by atoms with Crippen LogP contribution in [0.2, 0.25) is 5.02 Å². The van der Waals surface area contributed by atoms with E-state index in [9.17, 15) is 9.59 Å². The number of carbonyl (C=O) groups is 2. The van der Waals surface area contributed by atoms with E-state index in [-0.39, 0.29) is 17.5 Å². The van der Waals surface area contributed by atoms with Gasteiger partial charge in [-0.1, -0.05) is 29.8 Å². The molecule has 2 aromatic rings. The van der Waals surface area contributed by atoms with Crippen LogP contribution >= 0.6 is 11.6 Å². The molecule has 5 heteroatoms. The molecule has 4 nitrogen and oxygen atoms in total. The molecule has 0 spiro atoms.